The summed E-state index contributed by atoms with van der Waals surface area (Å²) in [6.07, 6.45) is 1.52. The molecular weight excluding hydrogens is 232 g/mol. The van der Waals surface area contributed by atoms with Crippen LogP contribution in [0.5, 0.6) is 0 Å². The van der Waals surface area contributed by atoms with E-state index < -0.39 is 5.97 Å². The number of hydrogen-bond acceptors (Lipinski definition) is 3. The van der Waals surface area contributed by atoms with Gasteiger partial charge in [-0.15, -0.1) is 0 Å². The zero-order valence-corrected chi connectivity index (χ0v) is 9.83. The van der Waals surface area contributed by atoms with Crippen molar-refractivity contribution >= 4 is 5.97 Å². The van der Waals surface area contributed by atoms with Gasteiger partial charge in [-0.2, -0.15) is 0 Å². The number of nitrogens with zero attached hydrogens (tertiary/aromatic N) is 2. The van der Waals surface area contributed by atoms with Crippen molar-refractivity contribution in [1.29, 1.82) is 0 Å². The van der Waals surface area contributed by atoms with Crippen molar-refractivity contribution in [2.45, 2.75) is 13.5 Å². The summed E-state index contributed by atoms with van der Waals surface area (Å²) in [4.78, 5) is 26.8. The van der Waals surface area contributed by atoms with Crippen molar-refractivity contribution in [3.63, 3.8) is 0 Å². The average molecular weight is 244 g/mol. The summed E-state index contributed by atoms with van der Waals surface area (Å²) >= 11 is 0. The van der Waals surface area contributed by atoms with E-state index in [1.165, 1.54) is 22.9 Å². The van der Waals surface area contributed by atoms with Crippen molar-refractivity contribution in [1.82, 2.24) is 9.55 Å². The highest BCUT2D eigenvalue weighted by Crippen LogP contribution is 2.07. The van der Waals surface area contributed by atoms with Crippen molar-refractivity contribution in [2.24, 2.45) is 0 Å². The summed E-state index contributed by atoms with van der Waals surface area (Å²) in [5.74, 6) is -1.04. The number of rotatable bonds is 3. The molecule has 1 N–H and O–H groups in total. The maximum absolute atomic E-state index is 11.7. The molecule has 0 fully saturated rings. The highest BCUT2D eigenvalue weighted by atomic mass is 16.4. The van der Waals surface area contributed by atoms with Gasteiger partial charge in [-0.1, -0.05) is 6.07 Å². The molecule has 2 aromatic rings. The molecule has 5 nitrogen and oxygen atoms in total. The van der Waals surface area contributed by atoms with Crippen molar-refractivity contribution in [2.75, 3.05) is 0 Å². The standard InChI is InChI=1S/C13H12N2O3/c1-9-4-2-6-12(16)15(9)8-11-10(13(17)18)5-3-7-14-11/h2-7H,8H2,1H3,(H,17,18). The lowest BCUT2D eigenvalue weighted by atomic mass is 10.2. The predicted octanol–water partition coefficient (Wildman–Crippen LogP) is 1.30. The van der Waals surface area contributed by atoms with Gasteiger partial charge in [0.05, 0.1) is 17.8 Å². The van der Waals surface area contributed by atoms with Crippen LogP contribution in [-0.4, -0.2) is 20.6 Å². The fourth-order valence-corrected chi connectivity index (χ4v) is 1.73. The molecule has 0 saturated carbocycles. The first-order valence-corrected chi connectivity index (χ1v) is 5.43. The second kappa shape index (κ2) is 4.83. The van der Waals surface area contributed by atoms with Crippen LogP contribution in [0.15, 0.2) is 41.3 Å². The normalized spacial score (nSPS) is 10.3. The van der Waals surface area contributed by atoms with Gasteiger partial charge in [0.2, 0.25) is 0 Å². The molecule has 0 unspecified atom stereocenters. The van der Waals surface area contributed by atoms with Crippen molar-refractivity contribution < 1.29 is 9.90 Å². The molecule has 2 aromatic heterocycles. The molecule has 0 aliphatic rings. The summed E-state index contributed by atoms with van der Waals surface area (Å²) in [7, 11) is 0. The Morgan fingerprint density at radius 1 is 1.33 bits per heavy atom. The van der Waals surface area contributed by atoms with Crippen molar-refractivity contribution in [3.05, 3.63) is 63.8 Å². The van der Waals surface area contributed by atoms with Crippen LogP contribution < -0.4 is 5.56 Å². The smallest absolute Gasteiger partial charge is 0.337 e. The van der Waals surface area contributed by atoms with E-state index in [1.807, 2.05) is 0 Å². The maximum atomic E-state index is 11.7. The topological polar surface area (TPSA) is 72.2 Å². The van der Waals surface area contributed by atoms with Crippen LogP contribution in [0.25, 0.3) is 0 Å². The molecule has 2 rings (SSSR count). The minimum Gasteiger partial charge on any atom is -0.478 e. The van der Waals surface area contributed by atoms with E-state index in [2.05, 4.69) is 4.98 Å². The molecule has 0 aromatic carbocycles. The van der Waals surface area contributed by atoms with E-state index in [1.54, 1.807) is 25.1 Å². The molecule has 0 aliphatic carbocycles. The quantitative estimate of drug-likeness (QED) is 0.883. The zero-order chi connectivity index (χ0) is 13.1. The predicted molar refractivity (Wildman–Crippen MR) is 65.7 cm³/mol. The van der Waals surface area contributed by atoms with E-state index in [0.29, 0.717) is 5.69 Å². The Morgan fingerprint density at radius 3 is 2.78 bits per heavy atom. The number of aromatic nitrogens is 2. The van der Waals surface area contributed by atoms with Crippen LogP contribution in [0, 0.1) is 6.92 Å². The molecule has 0 amide bonds. The fourth-order valence-electron chi connectivity index (χ4n) is 1.73. The van der Waals surface area contributed by atoms with Gasteiger partial charge < -0.3 is 9.67 Å². The average Bonchev–Trinajstić information content (AvgIpc) is 2.34. The fraction of sp³-hybridized carbons (Fsp3) is 0.154. The zero-order valence-electron chi connectivity index (χ0n) is 9.83. The Hall–Kier alpha value is -2.43. The number of carboxylic acids is 1. The van der Waals surface area contributed by atoms with E-state index in [4.69, 9.17) is 5.11 Å². The molecule has 0 bridgehead atoms. The Labute approximate surface area is 103 Å². The number of carbonyl (C=O) groups is 1. The van der Waals surface area contributed by atoms with Crippen molar-refractivity contribution in [3.8, 4) is 0 Å². The lowest BCUT2D eigenvalue weighted by molar-refractivity contribution is 0.0695. The Morgan fingerprint density at radius 2 is 2.11 bits per heavy atom. The van der Waals surface area contributed by atoms with Crippen LogP contribution in [0.1, 0.15) is 21.7 Å². The largest absolute Gasteiger partial charge is 0.478 e. The van der Waals surface area contributed by atoms with Gasteiger partial charge in [0.25, 0.3) is 5.56 Å². The van der Waals surface area contributed by atoms with Gasteiger partial charge in [-0.05, 0) is 25.1 Å². The molecule has 0 atom stereocenters. The minimum atomic E-state index is -1.04. The van der Waals surface area contributed by atoms with Gasteiger partial charge in [-0.3, -0.25) is 9.78 Å². The SMILES string of the molecule is Cc1cccc(=O)n1Cc1ncccc1C(=O)O. The summed E-state index contributed by atoms with van der Waals surface area (Å²) in [6.45, 7) is 1.96. The molecule has 2 heterocycles. The second-order valence-electron chi connectivity index (χ2n) is 3.89. The monoisotopic (exact) mass is 244 g/mol. The molecule has 18 heavy (non-hydrogen) atoms. The summed E-state index contributed by atoms with van der Waals surface area (Å²) in [5.41, 5.74) is 1.09. The van der Waals surface area contributed by atoms with E-state index >= 15 is 0 Å². The molecule has 0 spiro atoms. The summed E-state index contributed by atoms with van der Waals surface area (Å²) in [6, 6.07) is 7.95. The maximum Gasteiger partial charge on any atom is 0.337 e. The van der Waals surface area contributed by atoms with E-state index in [0.717, 1.165) is 5.69 Å². The number of carboxylic acid groups (broad SMARTS) is 1. The highest BCUT2D eigenvalue weighted by molar-refractivity contribution is 5.88. The molecule has 92 valence electrons. The van der Waals surface area contributed by atoms with Crippen LogP contribution >= 0.6 is 0 Å². The number of pyridine rings is 2. The van der Waals surface area contributed by atoms with Crippen LogP contribution in [0.4, 0.5) is 0 Å². The first kappa shape index (κ1) is 12.0. The van der Waals surface area contributed by atoms with E-state index in [-0.39, 0.29) is 17.7 Å². The number of hydrogen-bond donors (Lipinski definition) is 1. The van der Waals surface area contributed by atoms with E-state index in [9.17, 15) is 9.59 Å². The molecular formula is C13H12N2O3. The highest BCUT2D eigenvalue weighted by Gasteiger charge is 2.12. The van der Waals surface area contributed by atoms with Gasteiger partial charge in [-0.25, -0.2) is 4.79 Å². The summed E-state index contributed by atoms with van der Waals surface area (Å²) in [5, 5.41) is 9.05. The van der Waals surface area contributed by atoms with Gasteiger partial charge in [0.1, 0.15) is 0 Å². The number of aromatic carboxylic acids is 1. The molecule has 5 heteroatoms. The lowest BCUT2D eigenvalue weighted by Crippen LogP contribution is -2.23. The van der Waals surface area contributed by atoms with Crippen LogP contribution in [-0.2, 0) is 6.54 Å². The minimum absolute atomic E-state index is 0.118. The van der Waals surface area contributed by atoms with Crippen LogP contribution in [0.3, 0.4) is 0 Å². The van der Waals surface area contributed by atoms with Gasteiger partial charge in [0, 0.05) is 18.0 Å². The lowest BCUT2D eigenvalue weighted by Gasteiger charge is -2.10. The third kappa shape index (κ3) is 2.29. The van der Waals surface area contributed by atoms with Gasteiger partial charge >= 0.3 is 5.97 Å². The Balaban J connectivity index is 2.47. The third-order valence-corrected chi connectivity index (χ3v) is 2.70. The van der Waals surface area contributed by atoms with Crippen LogP contribution in [0.2, 0.25) is 0 Å². The third-order valence-electron chi connectivity index (χ3n) is 2.70. The Kier molecular flexibility index (Phi) is 3.23. The Bertz CT molecular complexity index is 647. The first-order chi connectivity index (χ1) is 8.59. The molecule has 0 radical (unpaired) electrons. The first-order valence-electron chi connectivity index (χ1n) is 5.43. The molecule has 0 saturated heterocycles. The second-order valence-corrected chi connectivity index (χ2v) is 3.89. The van der Waals surface area contributed by atoms with Gasteiger partial charge in [0.15, 0.2) is 0 Å². The number of aryl methyl sites for hydroxylation is 1. The molecule has 0 aliphatic heterocycles. The summed E-state index contributed by atoms with van der Waals surface area (Å²) < 4.78 is 1.49.